The number of hydrogen-bond acceptors (Lipinski definition) is 3. The van der Waals surface area contributed by atoms with Crippen LogP contribution in [0.5, 0.6) is 5.75 Å². The van der Waals surface area contributed by atoms with Gasteiger partial charge in [0.15, 0.2) is 0 Å². The maximum Gasteiger partial charge on any atom is 0.573 e. The number of H-pyrrole nitrogens is 1. The van der Waals surface area contributed by atoms with E-state index in [0.29, 0.717) is 0 Å². The first-order valence-corrected chi connectivity index (χ1v) is 10.2. The Morgan fingerprint density at radius 2 is 1.71 bits per heavy atom. The number of aryl methyl sites for hydroxylation is 2. The quantitative estimate of drug-likeness (QED) is 0.652. The number of fused-ring (bicyclic) bond motifs is 3. The molecule has 148 valence electrons. The van der Waals surface area contributed by atoms with Crippen LogP contribution in [0.2, 0.25) is 0 Å². The van der Waals surface area contributed by atoms with Crippen molar-refractivity contribution in [3.8, 4) is 5.75 Å². The van der Waals surface area contributed by atoms with Gasteiger partial charge in [0.05, 0.1) is 4.90 Å². The molecule has 9 heteroatoms. The van der Waals surface area contributed by atoms with Gasteiger partial charge in [0.2, 0.25) is 0 Å². The molecular formula is C19H17F3N2O3S. The molecule has 0 fully saturated rings. The lowest BCUT2D eigenvalue weighted by molar-refractivity contribution is -0.274. The Balaban J connectivity index is 1.59. The number of hydrogen-bond donors (Lipinski definition) is 2. The number of halogens is 3. The second kappa shape index (κ2) is 6.73. The van der Waals surface area contributed by atoms with Crippen LogP contribution in [0.1, 0.15) is 24.1 Å². The third-order valence-electron chi connectivity index (χ3n) is 4.72. The van der Waals surface area contributed by atoms with E-state index in [4.69, 9.17) is 0 Å². The van der Waals surface area contributed by atoms with E-state index < -0.39 is 22.1 Å². The fourth-order valence-electron chi connectivity index (χ4n) is 3.49. The lowest BCUT2D eigenvalue weighted by atomic mass is 9.96. The third kappa shape index (κ3) is 3.80. The van der Waals surface area contributed by atoms with Crippen molar-refractivity contribution in [3.63, 3.8) is 0 Å². The van der Waals surface area contributed by atoms with Crippen molar-refractivity contribution in [3.05, 3.63) is 53.7 Å². The molecule has 0 bridgehead atoms. The van der Waals surface area contributed by atoms with Crippen LogP contribution in [0.25, 0.3) is 10.9 Å². The zero-order valence-corrected chi connectivity index (χ0v) is 15.5. The van der Waals surface area contributed by atoms with Gasteiger partial charge in [-0.2, -0.15) is 0 Å². The first kappa shape index (κ1) is 18.7. The summed E-state index contributed by atoms with van der Waals surface area (Å²) in [6.45, 7) is 0. The summed E-state index contributed by atoms with van der Waals surface area (Å²) in [5, 5.41) is 0.895. The lowest BCUT2D eigenvalue weighted by Crippen LogP contribution is -2.17. The number of benzene rings is 2. The van der Waals surface area contributed by atoms with Crippen molar-refractivity contribution in [2.45, 2.75) is 36.9 Å². The highest BCUT2D eigenvalue weighted by atomic mass is 32.2. The van der Waals surface area contributed by atoms with Crippen molar-refractivity contribution < 1.29 is 26.3 Å². The number of aromatic nitrogens is 1. The second-order valence-electron chi connectivity index (χ2n) is 6.67. The highest BCUT2D eigenvalue weighted by molar-refractivity contribution is 7.92. The van der Waals surface area contributed by atoms with Crippen molar-refractivity contribution in [1.82, 2.24) is 4.98 Å². The first-order valence-electron chi connectivity index (χ1n) is 8.73. The molecule has 0 radical (unpaired) electrons. The third-order valence-corrected chi connectivity index (χ3v) is 6.10. The monoisotopic (exact) mass is 410 g/mol. The summed E-state index contributed by atoms with van der Waals surface area (Å²) in [4.78, 5) is 3.45. The number of ether oxygens (including phenoxy) is 1. The van der Waals surface area contributed by atoms with E-state index in [1.165, 1.54) is 18.2 Å². The molecular weight excluding hydrogens is 393 g/mol. The van der Waals surface area contributed by atoms with Crippen LogP contribution in [0.3, 0.4) is 0 Å². The average Bonchev–Trinajstić information content (AvgIpc) is 3.00. The average molecular weight is 410 g/mol. The molecule has 3 aromatic rings. The molecule has 1 aromatic heterocycles. The van der Waals surface area contributed by atoms with Gasteiger partial charge in [0.1, 0.15) is 5.75 Å². The van der Waals surface area contributed by atoms with Crippen LogP contribution in [0.15, 0.2) is 47.4 Å². The molecule has 0 aliphatic heterocycles. The number of sulfonamides is 1. The minimum atomic E-state index is -4.80. The summed E-state index contributed by atoms with van der Waals surface area (Å²) in [6.07, 6.45) is -0.752. The van der Waals surface area contributed by atoms with Gasteiger partial charge >= 0.3 is 6.36 Å². The molecule has 2 aromatic carbocycles. The van der Waals surface area contributed by atoms with E-state index in [1.807, 2.05) is 0 Å². The zero-order chi connectivity index (χ0) is 19.9. The predicted molar refractivity (Wildman–Crippen MR) is 98.9 cm³/mol. The van der Waals surface area contributed by atoms with Crippen LogP contribution in [-0.2, 0) is 22.9 Å². The van der Waals surface area contributed by atoms with Gasteiger partial charge in [-0.25, -0.2) is 8.42 Å². The smallest absolute Gasteiger partial charge is 0.406 e. The Morgan fingerprint density at radius 1 is 1.00 bits per heavy atom. The van der Waals surface area contributed by atoms with E-state index in [-0.39, 0.29) is 10.6 Å². The maximum absolute atomic E-state index is 12.7. The minimum Gasteiger partial charge on any atom is -0.406 e. The van der Waals surface area contributed by atoms with Crippen LogP contribution < -0.4 is 9.46 Å². The van der Waals surface area contributed by atoms with Crippen LogP contribution in [-0.4, -0.2) is 19.8 Å². The molecule has 0 atom stereocenters. The van der Waals surface area contributed by atoms with Crippen molar-refractivity contribution in [2.24, 2.45) is 0 Å². The van der Waals surface area contributed by atoms with Gasteiger partial charge in [0, 0.05) is 22.3 Å². The Bertz CT molecular complexity index is 1120. The van der Waals surface area contributed by atoms with Crippen LogP contribution in [0, 0.1) is 0 Å². The normalized spacial score (nSPS) is 14.7. The largest absolute Gasteiger partial charge is 0.573 e. The van der Waals surface area contributed by atoms with Gasteiger partial charge in [-0.3, -0.25) is 4.72 Å². The Kier molecular flexibility index (Phi) is 4.49. The number of aromatic amines is 1. The number of rotatable bonds is 4. The number of nitrogens with one attached hydrogen (secondary N) is 2. The van der Waals surface area contributed by atoms with Crippen LogP contribution in [0.4, 0.5) is 18.9 Å². The van der Waals surface area contributed by atoms with E-state index in [2.05, 4.69) is 14.4 Å². The van der Waals surface area contributed by atoms with Gasteiger partial charge in [-0.15, -0.1) is 13.2 Å². The molecule has 1 aliphatic carbocycles. The van der Waals surface area contributed by atoms with Gasteiger partial charge in [-0.1, -0.05) is 0 Å². The Morgan fingerprint density at radius 3 is 2.43 bits per heavy atom. The summed E-state index contributed by atoms with van der Waals surface area (Å²) >= 11 is 0. The topological polar surface area (TPSA) is 71.2 Å². The molecule has 0 unspecified atom stereocenters. The summed E-state index contributed by atoms with van der Waals surface area (Å²) in [5.74, 6) is -0.421. The molecule has 4 rings (SSSR count). The predicted octanol–water partition coefficient (Wildman–Crippen LogP) is 4.75. The van der Waals surface area contributed by atoms with E-state index in [9.17, 15) is 21.6 Å². The molecule has 1 aliphatic rings. The van der Waals surface area contributed by atoms with Gasteiger partial charge in [-0.05, 0) is 73.7 Å². The minimum absolute atomic E-state index is 0.1000. The van der Waals surface area contributed by atoms with Crippen molar-refractivity contribution in [1.29, 1.82) is 0 Å². The van der Waals surface area contributed by atoms with Gasteiger partial charge < -0.3 is 9.72 Å². The highest BCUT2D eigenvalue weighted by Gasteiger charge is 2.31. The SMILES string of the molecule is O=S(=O)(Nc1ccc(OC(F)(F)F)cc1)c1ccc2[nH]c3c(c2c1)CCCC3. The molecule has 0 saturated heterocycles. The van der Waals surface area contributed by atoms with Crippen molar-refractivity contribution >= 4 is 26.6 Å². The lowest BCUT2D eigenvalue weighted by Gasteiger charge is -2.12. The summed E-state index contributed by atoms with van der Waals surface area (Å²) in [5.41, 5.74) is 3.36. The standard InChI is InChI=1S/C19H17F3N2O3S/c20-19(21,22)27-13-7-5-12(6-8-13)24-28(25,26)14-9-10-18-16(11-14)15-3-1-2-4-17(15)23-18/h5-11,23-24H,1-4H2. The fraction of sp³-hybridized carbons (Fsp3) is 0.263. The summed E-state index contributed by atoms with van der Waals surface area (Å²) in [7, 11) is -3.88. The molecule has 0 saturated carbocycles. The molecule has 5 nitrogen and oxygen atoms in total. The van der Waals surface area contributed by atoms with Crippen molar-refractivity contribution in [2.75, 3.05) is 4.72 Å². The Hall–Kier alpha value is -2.68. The second-order valence-corrected chi connectivity index (χ2v) is 8.36. The Labute approximate surface area is 159 Å². The van der Waals surface area contributed by atoms with E-state index >= 15 is 0 Å². The summed E-state index contributed by atoms with van der Waals surface area (Å²) in [6, 6.07) is 9.43. The van der Waals surface area contributed by atoms with Crippen LogP contribution >= 0.6 is 0 Å². The number of anilines is 1. The highest BCUT2D eigenvalue weighted by Crippen LogP contribution is 2.31. The fourth-order valence-corrected chi connectivity index (χ4v) is 4.58. The molecule has 1 heterocycles. The zero-order valence-electron chi connectivity index (χ0n) is 14.6. The van der Waals surface area contributed by atoms with E-state index in [0.717, 1.165) is 60.0 Å². The molecule has 2 N–H and O–H groups in total. The maximum atomic E-state index is 12.7. The molecule has 0 amide bonds. The van der Waals surface area contributed by atoms with Gasteiger partial charge in [0.25, 0.3) is 10.0 Å². The molecule has 28 heavy (non-hydrogen) atoms. The summed E-state index contributed by atoms with van der Waals surface area (Å²) < 4.78 is 68.3. The first-order chi connectivity index (χ1) is 13.2. The molecule has 0 spiro atoms. The number of alkyl halides is 3. The van der Waals surface area contributed by atoms with E-state index in [1.54, 1.807) is 12.1 Å².